The molecule has 2 bridgehead atoms. The number of ether oxygens (including phenoxy) is 6. The van der Waals surface area contributed by atoms with E-state index >= 15 is 0 Å². The van der Waals surface area contributed by atoms with E-state index in [1.807, 2.05) is 58.0 Å². The van der Waals surface area contributed by atoms with Gasteiger partial charge < -0.3 is 42.9 Å². The largest absolute Gasteiger partial charge is 0.458 e. The predicted molar refractivity (Wildman–Crippen MR) is 282 cm³/mol. The number of aliphatic hydroxyl groups is 1. The second-order valence-electron chi connectivity index (χ2n) is 23.2. The summed E-state index contributed by atoms with van der Waals surface area (Å²) in [5.41, 5.74) is 3.52. The van der Waals surface area contributed by atoms with E-state index in [4.69, 9.17) is 32.8 Å². The van der Waals surface area contributed by atoms with Gasteiger partial charge in [-0.05, 0) is 125 Å². The monoisotopic (exact) mass is 1040 g/mol. The Kier molecular flexibility index (Phi) is 21.6. The van der Waals surface area contributed by atoms with E-state index in [0.717, 1.165) is 22.3 Å². The maximum atomic E-state index is 15.0. The van der Waals surface area contributed by atoms with Crippen molar-refractivity contribution < 1.29 is 61.9 Å². The van der Waals surface area contributed by atoms with Gasteiger partial charge >= 0.3 is 11.9 Å². The zero-order chi connectivity index (χ0) is 54.0. The topological polar surface area (TPSA) is 173 Å². The average Bonchev–Trinajstić information content (AvgIpc) is 3.35. The van der Waals surface area contributed by atoms with E-state index in [2.05, 4.69) is 52.9 Å². The summed E-state index contributed by atoms with van der Waals surface area (Å²) in [7, 11) is 2.15. The number of esters is 2. The molecule has 1 amide bonds. The van der Waals surface area contributed by atoms with Crippen molar-refractivity contribution in [2.24, 2.45) is 29.6 Å². The van der Waals surface area contributed by atoms with E-state index < -0.39 is 92.0 Å². The summed E-state index contributed by atoms with van der Waals surface area (Å²) in [4.78, 5) is 73.3. The van der Waals surface area contributed by atoms with Gasteiger partial charge in [0.05, 0.1) is 24.4 Å². The molecule has 1 saturated carbocycles. The Morgan fingerprint density at radius 2 is 1.59 bits per heavy atom. The molecule has 1 aromatic carbocycles. The number of rotatable bonds is 11. The number of hydrogen-bond acceptors (Lipinski definition) is 13. The summed E-state index contributed by atoms with van der Waals surface area (Å²) < 4.78 is 43.8. The van der Waals surface area contributed by atoms with E-state index in [9.17, 15) is 29.1 Å². The average molecular weight is 1040 g/mol. The third-order valence-corrected chi connectivity index (χ3v) is 21.1. The fourth-order valence-electron chi connectivity index (χ4n) is 11.1. The molecule has 1 aliphatic carbocycles. The molecule has 13 unspecified atom stereocenters. The van der Waals surface area contributed by atoms with Crippen molar-refractivity contribution in [2.45, 2.75) is 206 Å². The van der Waals surface area contributed by atoms with Crippen LogP contribution in [-0.4, -0.2) is 124 Å². The Morgan fingerprint density at radius 3 is 2.22 bits per heavy atom. The van der Waals surface area contributed by atoms with Gasteiger partial charge in [-0.2, -0.15) is 0 Å². The molecule has 15 heteroatoms. The first-order chi connectivity index (χ1) is 34.4. The summed E-state index contributed by atoms with van der Waals surface area (Å²) in [5.74, 6) is -7.57. The van der Waals surface area contributed by atoms with Gasteiger partial charge in [-0.15, -0.1) is 0 Å². The number of allylic oxidation sites excluding steroid dienone is 3. The number of amides is 1. The zero-order valence-electron chi connectivity index (χ0n) is 46.5. The lowest BCUT2D eigenvalue weighted by atomic mass is 9.80. The highest BCUT2D eigenvalue weighted by molar-refractivity contribution is 6.74. The Morgan fingerprint density at radius 1 is 0.918 bits per heavy atom. The van der Waals surface area contributed by atoms with Crippen molar-refractivity contribution in [3.05, 3.63) is 70.8 Å². The Hall–Kier alpha value is -3.83. The van der Waals surface area contributed by atoms with Crippen LogP contribution in [0.5, 0.6) is 0 Å². The minimum Gasteiger partial charge on any atom is -0.458 e. The molecule has 1 N–H and O–H groups in total. The molecule has 2 saturated heterocycles. The van der Waals surface area contributed by atoms with Crippen molar-refractivity contribution in [3.63, 3.8) is 0 Å². The number of carbonyl (C=O) groups excluding carboxylic acids is 5. The van der Waals surface area contributed by atoms with Crippen LogP contribution in [0.3, 0.4) is 0 Å². The van der Waals surface area contributed by atoms with Crippen LogP contribution in [0.4, 0.5) is 0 Å². The summed E-state index contributed by atoms with van der Waals surface area (Å²) in [5, 5.41) is 12.1. The van der Waals surface area contributed by atoms with Crippen LogP contribution < -0.4 is 0 Å². The van der Waals surface area contributed by atoms with Crippen molar-refractivity contribution >= 4 is 37.7 Å². The maximum absolute atomic E-state index is 15.0. The van der Waals surface area contributed by atoms with Crippen molar-refractivity contribution in [1.82, 2.24) is 4.90 Å². The van der Waals surface area contributed by atoms with Gasteiger partial charge in [0.25, 0.3) is 11.7 Å². The van der Waals surface area contributed by atoms with E-state index in [-0.39, 0.29) is 61.2 Å². The molecular weight excluding hydrogens is 947 g/mol. The van der Waals surface area contributed by atoms with Crippen LogP contribution in [0, 0.1) is 29.6 Å². The molecule has 4 aliphatic rings. The molecule has 408 valence electrons. The summed E-state index contributed by atoms with van der Waals surface area (Å²) in [6.07, 6.45) is 6.90. The lowest BCUT2D eigenvalue weighted by Crippen LogP contribution is -2.64. The number of Topliss-reactive ketones (excluding diaryl/α,β-unsaturated/α-hetero) is 2. The lowest BCUT2D eigenvalue weighted by Gasteiger charge is -2.47. The second kappa shape index (κ2) is 26.3. The van der Waals surface area contributed by atoms with Crippen LogP contribution in [-0.2, 0) is 63.4 Å². The van der Waals surface area contributed by atoms with Gasteiger partial charge in [0.1, 0.15) is 30.6 Å². The van der Waals surface area contributed by atoms with Gasteiger partial charge in [-0.3, -0.25) is 14.4 Å². The number of hydrogen-bond donors (Lipinski definition) is 1. The number of piperidine rings is 1. The van der Waals surface area contributed by atoms with Gasteiger partial charge in [0.2, 0.25) is 5.79 Å². The molecule has 73 heavy (non-hydrogen) atoms. The fourth-order valence-corrected chi connectivity index (χ4v) is 12.5. The molecule has 0 spiro atoms. The van der Waals surface area contributed by atoms with Gasteiger partial charge in [-0.25, -0.2) is 9.59 Å². The number of ketones is 2. The van der Waals surface area contributed by atoms with Crippen LogP contribution in [0.25, 0.3) is 0 Å². The maximum Gasteiger partial charge on any atom is 0.331 e. The molecule has 13 atom stereocenters. The highest BCUT2D eigenvalue weighted by Crippen LogP contribution is 2.42. The highest BCUT2D eigenvalue weighted by Gasteiger charge is 2.57. The molecule has 5 rings (SSSR count). The van der Waals surface area contributed by atoms with Crippen LogP contribution in [0.1, 0.15) is 139 Å². The first-order valence-electron chi connectivity index (χ1n) is 26.9. The summed E-state index contributed by atoms with van der Waals surface area (Å²) >= 11 is 0. The van der Waals surface area contributed by atoms with Crippen molar-refractivity contribution in [3.8, 4) is 0 Å². The number of methoxy groups -OCH3 is 3. The third kappa shape index (κ3) is 15.2. The summed E-state index contributed by atoms with van der Waals surface area (Å²) in [6, 6.07) is 8.37. The van der Waals surface area contributed by atoms with E-state index in [0.29, 0.717) is 51.4 Å². The van der Waals surface area contributed by atoms with Crippen LogP contribution in [0.2, 0.25) is 18.1 Å². The molecule has 3 fully saturated rings. The van der Waals surface area contributed by atoms with Crippen molar-refractivity contribution in [2.75, 3.05) is 27.9 Å². The number of cyclic esters (lactones) is 1. The highest BCUT2D eigenvalue weighted by atomic mass is 28.4. The van der Waals surface area contributed by atoms with E-state index in [1.54, 1.807) is 28.3 Å². The molecule has 14 nitrogen and oxygen atoms in total. The number of benzene rings is 1. The smallest absolute Gasteiger partial charge is 0.331 e. The predicted octanol–water partition coefficient (Wildman–Crippen LogP) is 9.81. The molecular formula is C58H89NO13Si. The summed E-state index contributed by atoms with van der Waals surface area (Å²) in [6.45, 7) is 22.7. The molecule has 3 aliphatic heterocycles. The van der Waals surface area contributed by atoms with Gasteiger partial charge in [0, 0.05) is 58.1 Å². The second-order valence-corrected chi connectivity index (χ2v) is 27.9. The number of fused-ring (bicyclic) bond motifs is 3. The van der Waals surface area contributed by atoms with Gasteiger partial charge in [-0.1, -0.05) is 96.5 Å². The van der Waals surface area contributed by atoms with Crippen molar-refractivity contribution in [1.29, 1.82) is 0 Å². The van der Waals surface area contributed by atoms with Gasteiger partial charge in [0.15, 0.2) is 8.32 Å². The molecule has 0 radical (unpaired) electrons. The zero-order valence-corrected chi connectivity index (χ0v) is 47.5. The fraction of sp³-hybridized carbons (Fsp3) is 0.707. The first-order valence-corrected chi connectivity index (χ1v) is 29.8. The number of nitrogens with zero attached hydrogens (tertiary/aromatic N) is 1. The minimum atomic E-state index is -2.57. The number of carbonyl (C=O) groups is 5. The minimum absolute atomic E-state index is 0.0312. The molecule has 1 aromatic rings. The first kappa shape index (κ1) is 60.0. The molecule has 3 heterocycles. The quantitative estimate of drug-likeness (QED) is 0.0730. The normalized spacial score (nSPS) is 33.8. The van der Waals surface area contributed by atoms with Crippen LogP contribution >= 0.6 is 0 Å². The SMILES string of the molecule is CCC1C=C(C)CC(C)CC(OC)C2OC(O)(C(=O)C(=O)N3CCCCC3C(=O)OC(C(C)=CC3CCC(=CC(=O)OCc4ccccc4)C(OC)C3)C(C)C(O[Si](C)(C)C(C)(C)C)CC1=O)C(C)CC2OC. The lowest BCUT2D eigenvalue weighted by molar-refractivity contribution is -0.302. The Bertz CT molecular complexity index is 2150. The Labute approximate surface area is 437 Å². The van der Waals surface area contributed by atoms with E-state index in [1.165, 1.54) is 11.0 Å². The molecule has 0 aromatic heterocycles. The Balaban J connectivity index is 1.57. The standard InChI is InChI=1S/C58H89NO13Si/c1-15-43-28-36(2)27-37(3)29-49(67-11)53-50(68-12)31-39(5)58(65,71-53)54(62)55(63)59-26-20-19-23-45(59)56(64)70-52(40(6)47(34-46(43)60)72-73(13,14)57(7,8)9)38(4)30-42-24-25-44(48(32-42)66-10)33-51(61)69-35-41-21-17-16-18-22-41/h16-18,21-22,28,30,33,37,39-40,42-43,45,47-50,52-53,65H,15,19-20,23-27,29,31-32,34-35H2,1-14H3. The van der Waals surface area contributed by atoms with Crippen LogP contribution in [0.15, 0.2) is 65.3 Å². The third-order valence-electron chi connectivity index (χ3n) is 16.6.